The minimum atomic E-state index is -0.354. The number of rotatable bonds is 5. The van der Waals surface area contributed by atoms with Crippen LogP contribution in [0, 0.1) is 10.1 Å². The Kier molecular flexibility index (Phi) is 5.66. The molecule has 0 aliphatic carbocycles. The molecule has 0 atom stereocenters. The second-order valence-electron chi connectivity index (χ2n) is 8.10. The molecule has 0 saturated carbocycles. The summed E-state index contributed by atoms with van der Waals surface area (Å²) < 4.78 is 1.89. The number of nitrogens with one attached hydrogen (secondary N) is 1. The lowest BCUT2D eigenvalue weighted by Gasteiger charge is -2.20. The van der Waals surface area contributed by atoms with E-state index in [9.17, 15) is 10.1 Å². The zero-order valence-corrected chi connectivity index (χ0v) is 17.8. The van der Waals surface area contributed by atoms with E-state index < -0.39 is 0 Å². The minimum Gasteiger partial charge on any atom is -0.315 e. The zero-order valence-electron chi connectivity index (χ0n) is 17.8. The summed E-state index contributed by atoms with van der Waals surface area (Å²) in [7, 11) is 0. The van der Waals surface area contributed by atoms with Gasteiger partial charge in [-0.25, -0.2) is 4.98 Å². The fourth-order valence-corrected chi connectivity index (χ4v) is 4.30. The summed E-state index contributed by atoms with van der Waals surface area (Å²) in [5.74, 6) is 0. The monoisotopic (exact) mass is 427 g/mol. The van der Waals surface area contributed by atoms with E-state index in [0.717, 1.165) is 60.8 Å². The Labute approximate surface area is 186 Å². The van der Waals surface area contributed by atoms with Crippen LogP contribution in [0.1, 0.15) is 12.1 Å². The maximum Gasteiger partial charge on any atom is 0.286 e. The van der Waals surface area contributed by atoms with E-state index in [4.69, 9.17) is 4.98 Å². The maximum atomic E-state index is 11.4. The summed E-state index contributed by atoms with van der Waals surface area (Å²) in [5.41, 5.74) is 5.98. The molecular weight excluding hydrogens is 402 g/mol. The number of benzene rings is 2. The lowest BCUT2D eigenvalue weighted by atomic mass is 10.0. The minimum absolute atomic E-state index is 0.0691. The van der Waals surface area contributed by atoms with Crippen molar-refractivity contribution in [2.24, 2.45) is 0 Å². The van der Waals surface area contributed by atoms with Gasteiger partial charge in [0.15, 0.2) is 0 Å². The molecule has 0 bridgehead atoms. The molecule has 1 fully saturated rings. The van der Waals surface area contributed by atoms with Gasteiger partial charge in [0.1, 0.15) is 5.65 Å². The normalized spacial score (nSPS) is 15.0. The fourth-order valence-electron chi connectivity index (χ4n) is 4.30. The van der Waals surface area contributed by atoms with Crippen LogP contribution >= 0.6 is 0 Å². The third-order valence-electron chi connectivity index (χ3n) is 5.98. The van der Waals surface area contributed by atoms with Crippen LogP contribution < -0.4 is 5.32 Å². The molecule has 3 heterocycles. The highest BCUT2D eigenvalue weighted by Crippen LogP contribution is 2.29. The van der Waals surface area contributed by atoms with Crippen molar-refractivity contribution in [1.29, 1.82) is 0 Å². The van der Waals surface area contributed by atoms with Gasteiger partial charge in [-0.1, -0.05) is 54.6 Å². The van der Waals surface area contributed by atoms with Gasteiger partial charge in [0.05, 0.1) is 22.5 Å². The molecule has 32 heavy (non-hydrogen) atoms. The van der Waals surface area contributed by atoms with Gasteiger partial charge in [-0.15, -0.1) is 0 Å². The molecule has 1 saturated heterocycles. The molecule has 0 unspecified atom stereocenters. The van der Waals surface area contributed by atoms with E-state index >= 15 is 0 Å². The summed E-state index contributed by atoms with van der Waals surface area (Å²) in [6.07, 6.45) is 2.67. The van der Waals surface area contributed by atoms with Crippen LogP contribution in [0.5, 0.6) is 0 Å². The van der Waals surface area contributed by atoms with Gasteiger partial charge in [-0.2, -0.15) is 0 Å². The van der Waals surface area contributed by atoms with Crippen LogP contribution in [0.15, 0.2) is 72.9 Å². The lowest BCUT2D eigenvalue weighted by molar-refractivity contribution is -0.385. The number of aromatic nitrogens is 2. The quantitative estimate of drug-likeness (QED) is 0.378. The maximum absolute atomic E-state index is 11.4. The second kappa shape index (κ2) is 8.90. The third kappa shape index (κ3) is 4.12. The highest BCUT2D eigenvalue weighted by atomic mass is 16.6. The molecule has 2 aromatic heterocycles. The molecule has 162 valence electrons. The lowest BCUT2D eigenvalue weighted by Crippen LogP contribution is -2.28. The predicted octanol–water partition coefficient (Wildman–Crippen LogP) is 4.37. The van der Waals surface area contributed by atoms with E-state index in [0.29, 0.717) is 6.54 Å². The molecule has 2 aromatic carbocycles. The van der Waals surface area contributed by atoms with E-state index in [1.165, 1.54) is 11.6 Å². The Hall–Kier alpha value is -3.55. The average molecular weight is 428 g/mol. The van der Waals surface area contributed by atoms with Crippen molar-refractivity contribution >= 4 is 11.3 Å². The van der Waals surface area contributed by atoms with E-state index in [1.54, 1.807) is 12.3 Å². The van der Waals surface area contributed by atoms with Gasteiger partial charge in [0.2, 0.25) is 0 Å². The molecule has 0 radical (unpaired) electrons. The zero-order chi connectivity index (χ0) is 21.9. The first kappa shape index (κ1) is 20.4. The van der Waals surface area contributed by atoms with Crippen LogP contribution in [0.2, 0.25) is 0 Å². The molecule has 4 aromatic rings. The van der Waals surface area contributed by atoms with E-state index in [-0.39, 0.29) is 10.6 Å². The largest absolute Gasteiger partial charge is 0.315 e. The topological polar surface area (TPSA) is 75.7 Å². The van der Waals surface area contributed by atoms with Gasteiger partial charge in [0, 0.05) is 31.3 Å². The summed E-state index contributed by atoms with van der Waals surface area (Å²) in [6, 6.07) is 21.9. The molecule has 7 heteroatoms. The highest BCUT2D eigenvalue weighted by Gasteiger charge is 2.20. The summed E-state index contributed by atoms with van der Waals surface area (Å²) in [6.45, 7) is 4.58. The van der Waals surface area contributed by atoms with Gasteiger partial charge in [0.25, 0.3) is 5.69 Å². The number of imidazole rings is 1. The molecule has 0 spiro atoms. The molecule has 7 nitrogen and oxygen atoms in total. The molecule has 0 amide bonds. The van der Waals surface area contributed by atoms with Crippen LogP contribution in [-0.2, 0) is 6.54 Å². The molecule has 1 N–H and O–H groups in total. The van der Waals surface area contributed by atoms with Gasteiger partial charge >= 0.3 is 0 Å². The predicted molar refractivity (Wildman–Crippen MR) is 125 cm³/mol. The van der Waals surface area contributed by atoms with Crippen molar-refractivity contribution < 1.29 is 4.92 Å². The average Bonchev–Trinajstić information content (AvgIpc) is 2.99. The fraction of sp³-hybridized carbons (Fsp3) is 0.240. The summed E-state index contributed by atoms with van der Waals surface area (Å²) in [4.78, 5) is 18.3. The van der Waals surface area contributed by atoms with Gasteiger partial charge in [-0.3, -0.25) is 19.4 Å². The second-order valence-corrected chi connectivity index (χ2v) is 8.10. The Morgan fingerprint density at radius 3 is 2.44 bits per heavy atom. The molecule has 1 aliphatic heterocycles. The van der Waals surface area contributed by atoms with Crippen molar-refractivity contribution in [2.75, 3.05) is 26.2 Å². The summed E-state index contributed by atoms with van der Waals surface area (Å²) >= 11 is 0. The van der Waals surface area contributed by atoms with Gasteiger partial charge in [-0.05, 0) is 36.7 Å². The highest BCUT2D eigenvalue weighted by molar-refractivity contribution is 5.72. The van der Waals surface area contributed by atoms with Crippen LogP contribution in [0.4, 0.5) is 5.69 Å². The number of fused-ring (bicyclic) bond motifs is 1. The van der Waals surface area contributed by atoms with Crippen molar-refractivity contribution in [1.82, 2.24) is 19.6 Å². The first-order valence-electron chi connectivity index (χ1n) is 10.9. The smallest absolute Gasteiger partial charge is 0.286 e. The van der Waals surface area contributed by atoms with Crippen molar-refractivity contribution in [3.63, 3.8) is 0 Å². The Morgan fingerprint density at radius 2 is 1.66 bits per heavy atom. The Morgan fingerprint density at radius 1 is 0.906 bits per heavy atom. The van der Waals surface area contributed by atoms with Crippen LogP contribution in [0.3, 0.4) is 0 Å². The molecular formula is C25H25N5O2. The van der Waals surface area contributed by atoms with Gasteiger partial charge < -0.3 is 5.32 Å². The number of pyridine rings is 1. The SMILES string of the molecule is O=[N+]([O-])c1ccc2nc(-c3ccc(-c4ccccc4)cc3)c(CN3CCCNCC3)n2c1. The van der Waals surface area contributed by atoms with Crippen LogP contribution in [0.25, 0.3) is 28.0 Å². The number of nitrogens with zero attached hydrogens (tertiary/aromatic N) is 4. The van der Waals surface area contributed by atoms with Crippen molar-refractivity contribution in [3.8, 4) is 22.4 Å². The number of nitro groups is 1. The molecule has 5 rings (SSSR count). The van der Waals surface area contributed by atoms with Crippen molar-refractivity contribution in [2.45, 2.75) is 13.0 Å². The van der Waals surface area contributed by atoms with E-state index in [1.807, 2.05) is 22.6 Å². The Balaban J connectivity index is 1.57. The third-order valence-corrected chi connectivity index (χ3v) is 5.98. The number of hydrogen-bond donors (Lipinski definition) is 1. The standard InChI is InChI=1S/C25H25N5O2/c31-30(32)22-11-12-24-27-25(21-9-7-20(8-10-21)19-5-2-1-3-6-19)23(29(24)17-22)18-28-15-4-13-26-14-16-28/h1-3,5-12,17,26H,4,13-16,18H2. The van der Waals surface area contributed by atoms with Crippen LogP contribution in [-0.4, -0.2) is 45.4 Å². The molecule has 1 aliphatic rings. The first-order chi connectivity index (χ1) is 15.7. The number of hydrogen-bond acceptors (Lipinski definition) is 5. The van der Waals surface area contributed by atoms with Crippen molar-refractivity contribution in [3.05, 3.63) is 88.7 Å². The summed E-state index contributed by atoms with van der Waals surface area (Å²) in [5, 5.41) is 14.8. The van der Waals surface area contributed by atoms with E-state index in [2.05, 4.69) is 46.6 Å². The Bertz CT molecular complexity index is 1230. The first-order valence-corrected chi connectivity index (χ1v) is 10.9.